The molecule has 1 unspecified atom stereocenters. The van der Waals surface area contributed by atoms with Gasteiger partial charge in [-0.1, -0.05) is 23.7 Å². The maximum absolute atomic E-state index is 13.1. The molecule has 0 amide bonds. The molecule has 18 heavy (non-hydrogen) atoms. The topological polar surface area (TPSA) is 54.9 Å². The van der Waals surface area contributed by atoms with Crippen LogP contribution in [0.5, 0.6) is 0 Å². The lowest BCUT2D eigenvalue weighted by atomic mass is 10.1. The molecule has 0 aliphatic carbocycles. The molecule has 2 aromatic rings. The zero-order valence-corrected chi connectivity index (χ0v) is 10.2. The van der Waals surface area contributed by atoms with Crippen LogP contribution >= 0.6 is 11.6 Å². The number of hydrogen-bond acceptors (Lipinski definition) is 2. The molecule has 2 rings (SSSR count). The Bertz CT molecular complexity index is 662. The van der Waals surface area contributed by atoms with Gasteiger partial charge in [-0.15, -0.1) is 0 Å². The summed E-state index contributed by atoms with van der Waals surface area (Å²) in [5.41, 5.74) is -0.616. The van der Waals surface area contributed by atoms with Gasteiger partial charge < -0.3 is 0 Å². The molecule has 0 bridgehead atoms. The van der Waals surface area contributed by atoms with Crippen molar-refractivity contribution in [3.05, 3.63) is 67.7 Å². The number of rotatable bonds is 2. The Hall–Kier alpha value is -1.88. The highest BCUT2D eigenvalue weighted by atomic mass is 35.5. The molecule has 0 fully saturated rings. The Morgan fingerprint density at radius 2 is 2.06 bits per heavy atom. The van der Waals surface area contributed by atoms with Crippen LogP contribution in [0.2, 0.25) is 5.15 Å². The third kappa shape index (κ3) is 2.36. The van der Waals surface area contributed by atoms with Crippen LogP contribution in [0.25, 0.3) is 0 Å². The van der Waals surface area contributed by atoms with E-state index in [2.05, 4.69) is 4.98 Å². The minimum Gasteiger partial charge on any atom is -0.298 e. The van der Waals surface area contributed by atoms with Crippen LogP contribution in [0.4, 0.5) is 4.39 Å². The Balaban J connectivity index is 2.56. The smallest absolute Gasteiger partial charge is 0.298 e. The van der Waals surface area contributed by atoms with Gasteiger partial charge in [0, 0.05) is 6.07 Å². The van der Waals surface area contributed by atoms with E-state index >= 15 is 0 Å². The van der Waals surface area contributed by atoms with Gasteiger partial charge in [0.1, 0.15) is 11.0 Å². The third-order valence-corrected chi connectivity index (χ3v) is 2.85. The maximum atomic E-state index is 13.1. The second-order valence-corrected chi connectivity index (χ2v) is 4.27. The minimum atomic E-state index is -0.621. The fourth-order valence-corrected chi connectivity index (χ4v) is 1.93. The summed E-state index contributed by atoms with van der Waals surface area (Å²) in [5.74, 6) is -0.419. The van der Waals surface area contributed by atoms with Crippen molar-refractivity contribution in [1.29, 1.82) is 0 Å². The molecule has 0 radical (unpaired) electrons. The lowest BCUT2D eigenvalue weighted by Crippen LogP contribution is -2.37. The number of aromatic amines is 1. The first-order chi connectivity index (χ1) is 8.49. The lowest BCUT2D eigenvalue weighted by molar-refractivity contribution is 0.567. The Morgan fingerprint density at radius 1 is 1.33 bits per heavy atom. The lowest BCUT2D eigenvalue weighted by Gasteiger charge is -2.14. The summed E-state index contributed by atoms with van der Waals surface area (Å²) >= 11 is 5.57. The Morgan fingerprint density at radius 3 is 2.67 bits per heavy atom. The fourth-order valence-electron chi connectivity index (χ4n) is 1.76. The first-order valence-corrected chi connectivity index (χ1v) is 5.63. The van der Waals surface area contributed by atoms with E-state index in [9.17, 15) is 14.0 Å². The highest BCUT2D eigenvalue weighted by Gasteiger charge is 2.13. The SMILES string of the molecule is CC(c1cccc(F)c1)n1c(=O)cc(Cl)[nH]c1=O. The van der Waals surface area contributed by atoms with Crippen molar-refractivity contribution >= 4 is 11.6 Å². The molecule has 0 saturated carbocycles. The van der Waals surface area contributed by atoms with E-state index in [0.29, 0.717) is 5.56 Å². The van der Waals surface area contributed by atoms with Gasteiger partial charge in [0.05, 0.1) is 6.04 Å². The van der Waals surface area contributed by atoms with Crippen LogP contribution in [0.3, 0.4) is 0 Å². The monoisotopic (exact) mass is 268 g/mol. The van der Waals surface area contributed by atoms with Crippen LogP contribution in [-0.4, -0.2) is 9.55 Å². The van der Waals surface area contributed by atoms with Gasteiger partial charge in [-0.05, 0) is 24.6 Å². The molecule has 1 aromatic heterocycles. The van der Waals surface area contributed by atoms with E-state index in [1.807, 2.05) is 0 Å². The molecule has 4 nitrogen and oxygen atoms in total. The summed E-state index contributed by atoms with van der Waals surface area (Å²) < 4.78 is 14.1. The fraction of sp³-hybridized carbons (Fsp3) is 0.167. The quantitative estimate of drug-likeness (QED) is 0.846. The largest absolute Gasteiger partial charge is 0.330 e. The number of hydrogen-bond donors (Lipinski definition) is 1. The molecule has 1 aromatic carbocycles. The van der Waals surface area contributed by atoms with Gasteiger partial charge in [-0.25, -0.2) is 9.18 Å². The summed E-state index contributed by atoms with van der Waals surface area (Å²) in [7, 11) is 0. The molecular formula is C12H10ClFN2O2. The van der Waals surface area contributed by atoms with E-state index in [1.54, 1.807) is 13.0 Å². The maximum Gasteiger partial charge on any atom is 0.330 e. The van der Waals surface area contributed by atoms with Crippen molar-refractivity contribution in [2.45, 2.75) is 13.0 Å². The molecule has 0 aliphatic rings. The van der Waals surface area contributed by atoms with Crippen molar-refractivity contribution < 1.29 is 4.39 Å². The van der Waals surface area contributed by atoms with Gasteiger partial charge in [-0.2, -0.15) is 0 Å². The third-order valence-electron chi connectivity index (χ3n) is 2.65. The molecule has 0 aliphatic heterocycles. The van der Waals surface area contributed by atoms with E-state index in [4.69, 9.17) is 11.6 Å². The van der Waals surface area contributed by atoms with Crippen molar-refractivity contribution in [3.8, 4) is 0 Å². The normalized spacial score (nSPS) is 12.4. The van der Waals surface area contributed by atoms with Crippen molar-refractivity contribution in [1.82, 2.24) is 9.55 Å². The van der Waals surface area contributed by atoms with Crippen LogP contribution in [0.15, 0.2) is 39.9 Å². The Kier molecular flexibility index (Phi) is 3.34. The first-order valence-electron chi connectivity index (χ1n) is 5.26. The zero-order valence-electron chi connectivity index (χ0n) is 9.48. The highest BCUT2D eigenvalue weighted by Crippen LogP contribution is 2.15. The van der Waals surface area contributed by atoms with Gasteiger partial charge in [-0.3, -0.25) is 14.3 Å². The summed E-state index contributed by atoms with van der Waals surface area (Å²) in [6.45, 7) is 1.64. The number of halogens is 2. The van der Waals surface area contributed by atoms with E-state index in [-0.39, 0.29) is 5.15 Å². The van der Waals surface area contributed by atoms with Gasteiger partial charge in [0.15, 0.2) is 0 Å². The second-order valence-electron chi connectivity index (χ2n) is 3.86. The second kappa shape index (κ2) is 4.78. The number of aromatic nitrogens is 2. The molecule has 6 heteroatoms. The number of nitrogens with zero attached hydrogens (tertiary/aromatic N) is 1. The van der Waals surface area contributed by atoms with Crippen molar-refractivity contribution in [3.63, 3.8) is 0 Å². The first kappa shape index (κ1) is 12.6. The molecular weight excluding hydrogens is 259 g/mol. The van der Waals surface area contributed by atoms with Gasteiger partial charge in [0.2, 0.25) is 0 Å². The summed E-state index contributed by atoms with van der Waals surface area (Å²) in [5, 5.41) is -0.0207. The molecule has 1 heterocycles. The summed E-state index contributed by atoms with van der Waals surface area (Å²) in [6.07, 6.45) is 0. The zero-order chi connectivity index (χ0) is 13.3. The van der Waals surface area contributed by atoms with Crippen molar-refractivity contribution in [2.24, 2.45) is 0 Å². The molecule has 0 saturated heterocycles. The summed E-state index contributed by atoms with van der Waals surface area (Å²) in [6, 6.07) is 6.29. The minimum absolute atomic E-state index is 0.0207. The van der Waals surface area contributed by atoms with E-state index in [0.717, 1.165) is 10.6 Å². The average Bonchev–Trinajstić information content (AvgIpc) is 2.27. The number of H-pyrrole nitrogens is 1. The number of benzene rings is 1. The number of nitrogens with one attached hydrogen (secondary N) is 1. The van der Waals surface area contributed by atoms with Crippen molar-refractivity contribution in [2.75, 3.05) is 0 Å². The van der Waals surface area contributed by atoms with Crippen LogP contribution in [0.1, 0.15) is 18.5 Å². The highest BCUT2D eigenvalue weighted by molar-refractivity contribution is 6.29. The predicted octanol–water partition coefficient (Wildman–Crippen LogP) is 1.94. The van der Waals surface area contributed by atoms with Crippen LogP contribution in [0, 0.1) is 5.82 Å². The molecule has 1 atom stereocenters. The average molecular weight is 269 g/mol. The molecule has 94 valence electrons. The Labute approximate surface area is 107 Å². The predicted molar refractivity (Wildman–Crippen MR) is 66.5 cm³/mol. The van der Waals surface area contributed by atoms with Gasteiger partial charge >= 0.3 is 5.69 Å². The molecule has 0 spiro atoms. The van der Waals surface area contributed by atoms with Crippen LogP contribution in [-0.2, 0) is 0 Å². The van der Waals surface area contributed by atoms with E-state index in [1.165, 1.54) is 18.2 Å². The van der Waals surface area contributed by atoms with E-state index < -0.39 is 23.1 Å². The molecule has 1 N–H and O–H groups in total. The standard InChI is InChI=1S/C12H10ClFN2O2/c1-7(8-3-2-4-9(14)5-8)16-11(17)6-10(13)15-12(16)18/h2-7H,1H3,(H,15,18). The summed E-state index contributed by atoms with van der Waals surface area (Å²) in [4.78, 5) is 25.7. The van der Waals surface area contributed by atoms with Gasteiger partial charge in [0.25, 0.3) is 5.56 Å². The van der Waals surface area contributed by atoms with Crippen LogP contribution < -0.4 is 11.2 Å².